The lowest BCUT2D eigenvalue weighted by atomic mass is 10.1. The fourth-order valence-electron chi connectivity index (χ4n) is 1.72. The summed E-state index contributed by atoms with van der Waals surface area (Å²) in [7, 11) is 0. The summed E-state index contributed by atoms with van der Waals surface area (Å²) >= 11 is 1.54. The van der Waals surface area contributed by atoms with E-state index in [4.69, 9.17) is 0 Å². The summed E-state index contributed by atoms with van der Waals surface area (Å²) in [5.41, 5.74) is 0.0468. The number of amides is 1. The number of thiazole rings is 1. The number of aromatic nitrogens is 1. The first-order valence-electron chi connectivity index (χ1n) is 6.25. The molecule has 0 saturated heterocycles. The zero-order valence-corrected chi connectivity index (χ0v) is 12.0. The average Bonchev–Trinajstić information content (AvgIpc) is 2.87. The number of hydrogen-bond acceptors (Lipinski definition) is 4. The van der Waals surface area contributed by atoms with Gasteiger partial charge < -0.3 is 10.4 Å². The molecule has 2 aromatic rings. The van der Waals surface area contributed by atoms with E-state index >= 15 is 0 Å². The minimum absolute atomic E-state index is 0.0468. The maximum absolute atomic E-state index is 12.9. The first-order valence-corrected chi connectivity index (χ1v) is 7.07. The van der Waals surface area contributed by atoms with Gasteiger partial charge in [-0.2, -0.15) is 0 Å². The van der Waals surface area contributed by atoms with Crippen molar-refractivity contribution in [1.82, 2.24) is 10.3 Å². The molecule has 1 aromatic carbocycles. The predicted octanol–water partition coefficient (Wildman–Crippen LogP) is 3.04. The van der Waals surface area contributed by atoms with E-state index in [0.717, 1.165) is 28.4 Å². The molecule has 20 heavy (non-hydrogen) atoms. The Bertz CT molecular complexity index is 627. The lowest BCUT2D eigenvalue weighted by molar-refractivity contribution is 0.0937. The average molecular weight is 294 g/mol. The van der Waals surface area contributed by atoms with E-state index in [-0.39, 0.29) is 17.4 Å². The number of rotatable bonds is 4. The molecule has 0 aliphatic heterocycles. The zero-order valence-electron chi connectivity index (χ0n) is 11.2. The van der Waals surface area contributed by atoms with Gasteiger partial charge in [-0.3, -0.25) is 4.79 Å². The van der Waals surface area contributed by atoms with Crippen molar-refractivity contribution in [3.63, 3.8) is 0 Å². The molecule has 1 amide bonds. The molecule has 0 aliphatic carbocycles. The van der Waals surface area contributed by atoms with Crippen LogP contribution < -0.4 is 5.32 Å². The number of carbonyl (C=O) groups is 1. The number of aryl methyl sites for hydroxylation is 1. The van der Waals surface area contributed by atoms with Crippen LogP contribution in [0.3, 0.4) is 0 Å². The molecule has 4 nitrogen and oxygen atoms in total. The third kappa shape index (κ3) is 3.14. The van der Waals surface area contributed by atoms with Crippen molar-refractivity contribution in [2.24, 2.45) is 0 Å². The Hall–Kier alpha value is -1.95. The summed E-state index contributed by atoms with van der Waals surface area (Å²) in [6.07, 6.45) is 2.69. The Morgan fingerprint density at radius 2 is 2.30 bits per heavy atom. The Morgan fingerprint density at radius 3 is 2.90 bits per heavy atom. The van der Waals surface area contributed by atoms with Crippen LogP contribution in [0.1, 0.15) is 40.1 Å². The van der Waals surface area contributed by atoms with Crippen LogP contribution in [0.15, 0.2) is 24.4 Å². The van der Waals surface area contributed by atoms with E-state index in [9.17, 15) is 14.3 Å². The van der Waals surface area contributed by atoms with Crippen LogP contribution in [0.2, 0.25) is 0 Å². The van der Waals surface area contributed by atoms with Gasteiger partial charge in [-0.15, -0.1) is 11.3 Å². The molecule has 1 aromatic heterocycles. The molecule has 0 fully saturated rings. The van der Waals surface area contributed by atoms with E-state index in [1.54, 1.807) is 6.20 Å². The SMILES string of the molecule is CCc1cnc(C(C)NC(=O)c2ccc(F)cc2O)s1. The summed E-state index contributed by atoms with van der Waals surface area (Å²) in [5.74, 6) is -1.41. The number of aromatic hydroxyl groups is 1. The van der Waals surface area contributed by atoms with Gasteiger partial charge in [0.05, 0.1) is 11.6 Å². The Balaban J connectivity index is 2.10. The summed E-state index contributed by atoms with van der Waals surface area (Å²) in [4.78, 5) is 17.4. The van der Waals surface area contributed by atoms with Crippen LogP contribution in [0, 0.1) is 5.82 Å². The second-order valence-electron chi connectivity index (χ2n) is 4.37. The molecule has 0 bridgehead atoms. The van der Waals surface area contributed by atoms with E-state index in [0.29, 0.717) is 0 Å². The Kier molecular flexibility index (Phi) is 4.34. The molecule has 1 unspecified atom stereocenters. The second-order valence-corrected chi connectivity index (χ2v) is 5.52. The Morgan fingerprint density at radius 1 is 1.55 bits per heavy atom. The third-order valence-corrected chi connectivity index (χ3v) is 4.17. The molecule has 2 rings (SSSR count). The molecule has 0 aliphatic rings. The lowest BCUT2D eigenvalue weighted by Gasteiger charge is -2.12. The largest absolute Gasteiger partial charge is 0.507 e. The highest BCUT2D eigenvalue weighted by Gasteiger charge is 2.17. The van der Waals surface area contributed by atoms with Crippen LogP contribution in [0.5, 0.6) is 5.75 Å². The van der Waals surface area contributed by atoms with Gasteiger partial charge in [-0.05, 0) is 25.5 Å². The molecule has 0 saturated carbocycles. The zero-order chi connectivity index (χ0) is 14.7. The number of benzene rings is 1. The van der Waals surface area contributed by atoms with E-state index < -0.39 is 11.7 Å². The van der Waals surface area contributed by atoms with Crippen molar-refractivity contribution in [3.05, 3.63) is 45.7 Å². The molecular formula is C14H15FN2O2S. The summed E-state index contributed by atoms with van der Waals surface area (Å²) in [5, 5.41) is 13.1. The third-order valence-electron chi connectivity index (χ3n) is 2.84. The maximum atomic E-state index is 12.9. The highest BCUT2D eigenvalue weighted by atomic mass is 32.1. The topological polar surface area (TPSA) is 62.2 Å². The highest BCUT2D eigenvalue weighted by molar-refractivity contribution is 7.11. The van der Waals surface area contributed by atoms with Crippen LogP contribution in [-0.4, -0.2) is 16.0 Å². The van der Waals surface area contributed by atoms with Gasteiger partial charge in [0.25, 0.3) is 5.91 Å². The molecule has 106 valence electrons. The molecule has 1 heterocycles. The van der Waals surface area contributed by atoms with Gasteiger partial charge in [0, 0.05) is 17.1 Å². The van der Waals surface area contributed by atoms with Crippen molar-refractivity contribution in [2.75, 3.05) is 0 Å². The number of hydrogen-bond donors (Lipinski definition) is 2. The van der Waals surface area contributed by atoms with Crippen LogP contribution in [-0.2, 0) is 6.42 Å². The minimum atomic E-state index is -0.584. The fourth-order valence-corrected chi connectivity index (χ4v) is 2.58. The second kappa shape index (κ2) is 6.00. The smallest absolute Gasteiger partial charge is 0.255 e. The van der Waals surface area contributed by atoms with Crippen molar-refractivity contribution in [1.29, 1.82) is 0 Å². The molecular weight excluding hydrogens is 279 g/mol. The number of phenols is 1. The van der Waals surface area contributed by atoms with Gasteiger partial charge in [0.2, 0.25) is 0 Å². The van der Waals surface area contributed by atoms with Crippen LogP contribution in [0.25, 0.3) is 0 Å². The molecule has 6 heteroatoms. The summed E-state index contributed by atoms with van der Waals surface area (Å²) in [6, 6.07) is 3.04. The normalized spacial score (nSPS) is 12.2. The molecule has 2 N–H and O–H groups in total. The van der Waals surface area contributed by atoms with Gasteiger partial charge in [0.15, 0.2) is 0 Å². The maximum Gasteiger partial charge on any atom is 0.255 e. The van der Waals surface area contributed by atoms with E-state index in [1.165, 1.54) is 17.4 Å². The van der Waals surface area contributed by atoms with Crippen LogP contribution in [0.4, 0.5) is 4.39 Å². The van der Waals surface area contributed by atoms with Crippen molar-refractivity contribution < 1.29 is 14.3 Å². The lowest BCUT2D eigenvalue weighted by Crippen LogP contribution is -2.26. The predicted molar refractivity (Wildman–Crippen MR) is 75.4 cm³/mol. The van der Waals surface area contributed by atoms with Crippen molar-refractivity contribution in [3.8, 4) is 5.75 Å². The first kappa shape index (κ1) is 14.5. The van der Waals surface area contributed by atoms with Gasteiger partial charge in [0.1, 0.15) is 16.6 Å². The molecule has 0 radical (unpaired) electrons. The number of nitrogens with one attached hydrogen (secondary N) is 1. The monoisotopic (exact) mass is 294 g/mol. The number of carbonyl (C=O) groups excluding carboxylic acids is 1. The summed E-state index contributed by atoms with van der Waals surface area (Å²) in [6.45, 7) is 3.85. The van der Waals surface area contributed by atoms with E-state index in [1.807, 2.05) is 13.8 Å². The Labute approximate surface area is 120 Å². The van der Waals surface area contributed by atoms with E-state index in [2.05, 4.69) is 10.3 Å². The van der Waals surface area contributed by atoms with Crippen molar-refractivity contribution in [2.45, 2.75) is 26.3 Å². The van der Waals surface area contributed by atoms with Crippen molar-refractivity contribution >= 4 is 17.2 Å². The highest BCUT2D eigenvalue weighted by Crippen LogP contribution is 2.22. The van der Waals surface area contributed by atoms with Gasteiger partial charge in [-0.25, -0.2) is 9.37 Å². The number of phenolic OH excluding ortho intramolecular Hbond substituents is 1. The quantitative estimate of drug-likeness (QED) is 0.911. The number of halogens is 1. The number of nitrogens with zero attached hydrogens (tertiary/aromatic N) is 1. The van der Waals surface area contributed by atoms with Gasteiger partial charge in [-0.1, -0.05) is 6.92 Å². The fraction of sp³-hybridized carbons (Fsp3) is 0.286. The van der Waals surface area contributed by atoms with Crippen LogP contribution >= 0.6 is 11.3 Å². The standard InChI is InChI=1S/C14H15FN2O2S/c1-3-10-7-16-14(20-10)8(2)17-13(19)11-5-4-9(15)6-12(11)18/h4-8,18H,3H2,1-2H3,(H,17,19). The molecule has 0 spiro atoms. The molecule has 1 atom stereocenters. The summed E-state index contributed by atoms with van der Waals surface area (Å²) < 4.78 is 12.9. The van der Waals surface area contributed by atoms with Gasteiger partial charge >= 0.3 is 0 Å². The minimum Gasteiger partial charge on any atom is -0.507 e. The first-order chi connectivity index (χ1) is 9.51.